The second-order valence-electron chi connectivity index (χ2n) is 4.94. The lowest BCUT2D eigenvalue weighted by atomic mass is 10.1. The fraction of sp³-hybridized carbons (Fsp3) is 0.357. The van der Waals surface area contributed by atoms with Gasteiger partial charge in [0.15, 0.2) is 5.82 Å². The summed E-state index contributed by atoms with van der Waals surface area (Å²) in [6.07, 6.45) is 0.420. The van der Waals surface area contributed by atoms with Gasteiger partial charge < -0.3 is 9.42 Å². The molecule has 2 heterocycles. The highest BCUT2D eigenvalue weighted by atomic mass is 35.5. The van der Waals surface area contributed by atoms with Crippen molar-refractivity contribution in [2.75, 3.05) is 6.54 Å². The monoisotopic (exact) mass is 291 g/mol. The Bertz CT molecular complexity index is 641. The van der Waals surface area contributed by atoms with E-state index in [1.807, 2.05) is 24.3 Å². The number of aryl methyl sites for hydroxylation is 1. The summed E-state index contributed by atoms with van der Waals surface area (Å²) in [5.41, 5.74) is 0.951. The highest BCUT2D eigenvalue weighted by Crippen LogP contribution is 2.28. The lowest BCUT2D eigenvalue weighted by Gasteiger charge is -2.16. The van der Waals surface area contributed by atoms with Crippen LogP contribution >= 0.6 is 11.6 Å². The first-order valence-corrected chi connectivity index (χ1v) is 6.82. The van der Waals surface area contributed by atoms with Gasteiger partial charge in [-0.05, 0) is 11.6 Å². The van der Waals surface area contributed by atoms with Crippen molar-refractivity contribution in [1.29, 1.82) is 0 Å². The van der Waals surface area contributed by atoms with Gasteiger partial charge in [0.1, 0.15) is 0 Å². The average molecular weight is 292 g/mol. The number of nitrogens with zero attached hydrogens (tertiary/aromatic N) is 3. The zero-order valence-corrected chi connectivity index (χ0v) is 11.8. The molecule has 0 radical (unpaired) electrons. The van der Waals surface area contributed by atoms with Crippen LogP contribution in [0, 0.1) is 6.92 Å². The van der Waals surface area contributed by atoms with Gasteiger partial charge in [-0.3, -0.25) is 4.79 Å². The zero-order valence-electron chi connectivity index (χ0n) is 11.0. The second kappa shape index (κ2) is 5.25. The molecule has 0 N–H and O–H groups in total. The number of hydrogen-bond acceptors (Lipinski definition) is 4. The number of carbonyl (C=O) groups excluding carboxylic acids is 1. The third-order valence-electron chi connectivity index (χ3n) is 3.44. The largest absolute Gasteiger partial charge is 0.340 e. The summed E-state index contributed by atoms with van der Waals surface area (Å²) in [5.74, 6) is 1.23. The van der Waals surface area contributed by atoms with Crippen molar-refractivity contribution in [3.05, 3.63) is 46.6 Å². The third-order valence-corrected chi connectivity index (χ3v) is 3.81. The number of aromatic nitrogens is 2. The van der Waals surface area contributed by atoms with Crippen molar-refractivity contribution in [1.82, 2.24) is 15.0 Å². The quantitative estimate of drug-likeness (QED) is 0.872. The molecule has 3 rings (SSSR count). The van der Waals surface area contributed by atoms with Gasteiger partial charge in [0.2, 0.25) is 11.8 Å². The Labute approximate surface area is 121 Å². The zero-order chi connectivity index (χ0) is 14.1. The number of rotatable bonds is 3. The molecule has 1 aliphatic rings. The van der Waals surface area contributed by atoms with Gasteiger partial charge in [0.25, 0.3) is 0 Å². The van der Waals surface area contributed by atoms with Gasteiger partial charge in [0, 0.05) is 37.4 Å². The molecule has 104 valence electrons. The van der Waals surface area contributed by atoms with Gasteiger partial charge in [0.05, 0.1) is 0 Å². The molecular formula is C14H14ClN3O2. The fourth-order valence-electron chi connectivity index (χ4n) is 2.41. The van der Waals surface area contributed by atoms with E-state index in [0.717, 1.165) is 5.56 Å². The molecule has 1 atom stereocenters. The van der Waals surface area contributed by atoms with E-state index in [0.29, 0.717) is 36.2 Å². The molecular weight excluding hydrogens is 278 g/mol. The summed E-state index contributed by atoms with van der Waals surface area (Å²) in [6, 6.07) is 7.56. The van der Waals surface area contributed by atoms with Crippen LogP contribution in [0.2, 0.25) is 5.02 Å². The summed E-state index contributed by atoms with van der Waals surface area (Å²) >= 11 is 6.13. The van der Waals surface area contributed by atoms with E-state index in [4.69, 9.17) is 16.1 Å². The molecule has 20 heavy (non-hydrogen) atoms. The van der Waals surface area contributed by atoms with Crippen molar-refractivity contribution < 1.29 is 9.32 Å². The van der Waals surface area contributed by atoms with Crippen LogP contribution in [-0.4, -0.2) is 27.5 Å². The smallest absolute Gasteiger partial charge is 0.223 e. The van der Waals surface area contributed by atoms with E-state index in [2.05, 4.69) is 10.1 Å². The van der Waals surface area contributed by atoms with Crippen molar-refractivity contribution in [3.8, 4) is 0 Å². The summed E-state index contributed by atoms with van der Waals surface area (Å²) in [6.45, 7) is 2.86. The Morgan fingerprint density at radius 3 is 2.95 bits per heavy atom. The number of benzene rings is 1. The highest BCUT2D eigenvalue weighted by molar-refractivity contribution is 6.31. The summed E-state index contributed by atoms with van der Waals surface area (Å²) in [5, 5.41) is 4.58. The Balaban J connectivity index is 1.73. The van der Waals surface area contributed by atoms with Crippen LogP contribution < -0.4 is 0 Å². The van der Waals surface area contributed by atoms with Gasteiger partial charge >= 0.3 is 0 Å². The lowest BCUT2D eigenvalue weighted by molar-refractivity contribution is -0.128. The van der Waals surface area contributed by atoms with Gasteiger partial charge in [-0.15, -0.1) is 0 Å². The molecule has 1 amide bonds. The third kappa shape index (κ3) is 2.54. The standard InChI is InChI=1S/C14H14ClN3O2/c1-9-16-14(17-20-9)11-6-13(19)18(8-11)7-10-4-2-3-5-12(10)15/h2-5,11H,6-8H2,1H3. The Morgan fingerprint density at radius 2 is 2.25 bits per heavy atom. The maximum Gasteiger partial charge on any atom is 0.223 e. The van der Waals surface area contributed by atoms with Crippen molar-refractivity contribution >= 4 is 17.5 Å². The van der Waals surface area contributed by atoms with Gasteiger partial charge in [-0.2, -0.15) is 4.98 Å². The van der Waals surface area contributed by atoms with Crippen molar-refractivity contribution in [2.24, 2.45) is 0 Å². The first-order valence-electron chi connectivity index (χ1n) is 6.45. The number of hydrogen-bond donors (Lipinski definition) is 0. The number of likely N-dealkylation sites (tertiary alicyclic amines) is 1. The predicted molar refractivity (Wildman–Crippen MR) is 73.3 cm³/mol. The van der Waals surface area contributed by atoms with E-state index >= 15 is 0 Å². The first kappa shape index (κ1) is 13.1. The van der Waals surface area contributed by atoms with Crippen molar-refractivity contribution in [2.45, 2.75) is 25.8 Å². The highest BCUT2D eigenvalue weighted by Gasteiger charge is 2.33. The minimum absolute atomic E-state index is 0.00226. The molecule has 0 aliphatic carbocycles. The molecule has 1 saturated heterocycles. The van der Waals surface area contributed by atoms with E-state index in [9.17, 15) is 4.79 Å². The van der Waals surface area contributed by atoms with Crippen LogP contribution in [0.4, 0.5) is 0 Å². The van der Waals surface area contributed by atoms with Crippen LogP contribution in [0.15, 0.2) is 28.8 Å². The molecule has 0 bridgehead atoms. The molecule has 1 fully saturated rings. The maximum atomic E-state index is 12.1. The normalized spacial score (nSPS) is 18.8. The molecule has 1 aliphatic heterocycles. The summed E-state index contributed by atoms with van der Waals surface area (Å²) in [7, 11) is 0. The maximum absolute atomic E-state index is 12.1. The van der Waals surface area contributed by atoms with Gasteiger partial charge in [-0.1, -0.05) is 35.0 Å². The van der Waals surface area contributed by atoms with Crippen LogP contribution in [0.1, 0.15) is 29.6 Å². The Kier molecular flexibility index (Phi) is 3.44. The minimum Gasteiger partial charge on any atom is -0.340 e. The van der Waals surface area contributed by atoms with Gasteiger partial charge in [-0.25, -0.2) is 0 Å². The number of halogens is 1. The SMILES string of the molecule is Cc1nc(C2CC(=O)N(Cc3ccccc3Cl)C2)no1. The Morgan fingerprint density at radius 1 is 1.45 bits per heavy atom. The summed E-state index contributed by atoms with van der Waals surface area (Å²) in [4.78, 5) is 18.1. The first-order chi connectivity index (χ1) is 9.63. The van der Waals surface area contributed by atoms with E-state index in [-0.39, 0.29) is 11.8 Å². The fourth-order valence-corrected chi connectivity index (χ4v) is 2.61. The van der Waals surface area contributed by atoms with Crippen LogP contribution in [0.3, 0.4) is 0 Å². The Hall–Kier alpha value is -1.88. The summed E-state index contributed by atoms with van der Waals surface area (Å²) < 4.78 is 4.97. The molecule has 1 unspecified atom stereocenters. The topological polar surface area (TPSA) is 59.2 Å². The predicted octanol–water partition coefficient (Wildman–Crippen LogP) is 2.55. The minimum atomic E-state index is 0.00226. The molecule has 6 heteroatoms. The second-order valence-corrected chi connectivity index (χ2v) is 5.35. The number of carbonyl (C=O) groups is 1. The van der Waals surface area contributed by atoms with E-state index in [1.54, 1.807) is 11.8 Å². The molecule has 5 nitrogen and oxygen atoms in total. The average Bonchev–Trinajstić information content (AvgIpc) is 2.99. The molecule has 1 aromatic heterocycles. The van der Waals surface area contributed by atoms with E-state index in [1.165, 1.54) is 0 Å². The molecule has 2 aromatic rings. The van der Waals surface area contributed by atoms with Crippen molar-refractivity contribution in [3.63, 3.8) is 0 Å². The van der Waals surface area contributed by atoms with Crippen LogP contribution in [-0.2, 0) is 11.3 Å². The molecule has 0 saturated carbocycles. The van der Waals surface area contributed by atoms with Crippen LogP contribution in [0.5, 0.6) is 0 Å². The lowest BCUT2D eigenvalue weighted by Crippen LogP contribution is -2.24. The van der Waals surface area contributed by atoms with Crippen LogP contribution in [0.25, 0.3) is 0 Å². The molecule has 1 aromatic carbocycles. The molecule has 0 spiro atoms. The van der Waals surface area contributed by atoms with E-state index < -0.39 is 0 Å². The number of amides is 1.